The van der Waals surface area contributed by atoms with Crippen LogP contribution < -0.4 is 5.73 Å². The van der Waals surface area contributed by atoms with E-state index in [2.05, 4.69) is 11.8 Å². The molecular formula is C16H32N2. The maximum absolute atomic E-state index is 6.42. The molecule has 2 fully saturated rings. The second kappa shape index (κ2) is 7.49. The quantitative estimate of drug-likeness (QED) is 0.832. The minimum atomic E-state index is 0.442. The molecule has 0 aromatic heterocycles. The summed E-state index contributed by atoms with van der Waals surface area (Å²) in [7, 11) is 0. The molecule has 1 saturated carbocycles. The van der Waals surface area contributed by atoms with Crippen LogP contribution in [0.4, 0.5) is 0 Å². The lowest BCUT2D eigenvalue weighted by Crippen LogP contribution is -2.52. The SMILES string of the molecule is CCCC1CCC(N)C(N2CCCCCCC2)C1. The van der Waals surface area contributed by atoms with Crippen molar-refractivity contribution in [3.05, 3.63) is 0 Å². The van der Waals surface area contributed by atoms with Gasteiger partial charge in [-0.3, -0.25) is 4.90 Å². The number of hydrogen-bond acceptors (Lipinski definition) is 2. The van der Waals surface area contributed by atoms with Crippen LogP contribution in [-0.2, 0) is 0 Å². The zero-order valence-corrected chi connectivity index (χ0v) is 12.2. The number of hydrogen-bond donors (Lipinski definition) is 1. The standard InChI is InChI=1S/C16H32N2/c1-2-8-14-9-10-15(17)16(13-14)18-11-6-4-3-5-7-12-18/h14-16H,2-13,17H2,1H3. The third kappa shape index (κ3) is 3.96. The summed E-state index contributed by atoms with van der Waals surface area (Å²) in [4.78, 5) is 2.74. The Morgan fingerprint density at radius 2 is 1.67 bits per heavy atom. The minimum Gasteiger partial charge on any atom is -0.326 e. The van der Waals surface area contributed by atoms with Gasteiger partial charge in [-0.1, -0.05) is 39.0 Å². The van der Waals surface area contributed by atoms with Crippen LogP contribution in [0.15, 0.2) is 0 Å². The van der Waals surface area contributed by atoms with Crippen LogP contribution in [-0.4, -0.2) is 30.1 Å². The molecule has 1 aliphatic carbocycles. The molecule has 0 aromatic rings. The molecule has 18 heavy (non-hydrogen) atoms. The van der Waals surface area contributed by atoms with Crippen LogP contribution in [0.25, 0.3) is 0 Å². The van der Waals surface area contributed by atoms with Gasteiger partial charge in [0.2, 0.25) is 0 Å². The molecular weight excluding hydrogens is 220 g/mol. The van der Waals surface area contributed by atoms with Crippen LogP contribution in [0.2, 0.25) is 0 Å². The highest BCUT2D eigenvalue weighted by Gasteiger charge is 2.31. The molecule has 1 heterocycles. The van der Waals surface area contributed by atoms with Crippen LogP contribution >= 0.6 is 0 Å². The molecule has 0 spiro atoms. The molecule has 2 heteroatoms. The van der Waals surface area contributed by atoms with Gasteiger partial charge >= 0.3 is 0 Å². The Morgan fingerprint density at radius 1 is 1.00 bits per heavy atom. The molecule has 2 rings (SSSR count). The van der Waals surface area contributed by atoms with E-state index in [1.54, 1.807) is 0 Å². The Bertz CT molecular complexity index is 221. The highest BCUT2D eigenvalue weighted by Crippen LogP contribution is 2.31. The van der Waals surface area contributed by atoms with Crippen molar-refractivity contribution < 1.29 is 0 Å². The van der Waals surface area contributed by atoms with Crippen LogP contribution in [0, 0.1) is 5.92 Å². The molecule has 0 amide bonds. The van der Waals surface area contributed by atoms with E-state index < -0.39 is 0 Å². The Kier molecular flexibility index (Phi) is 5.97. The lowest BCUT2D eigenvalue weighted by Gasteiger charge is -2.42. The van der Waals surface area contributed by atoms with Crippen molar-refractivity contribution in [3.8, 4) is 0 Å². The molecule has 0 radical (unpaired) electrons. The van der Waals surface area contributed by atoms with Crippen molar-refractivity contribution in [2.24, 2.45) is 11.7 Å². The van der Waals surface area contributed by atoms with Gasteiger partial charge in [0.05, 0.1) is 0 Å². The van der Waals surface area contributed by atoms with Gasteiger partial charge in [-0.2, -0.15) is 0 Å². The first-order chi connectivity index (χ1) is 8.81. The fraction of sp³-hybridized carbons (Fsp3) is 1.00. The van der Waals surface area contributed by atoms with Gasteiger partial charge in [-0.05, 0) is 51.1 Å². The normalized spacial score (nSPS) is 36.0. The van der Waals surface area contributed by atoms with E-state index in [9.17, 15) is 0 Å². The van der Waals surface area contributed by atoms with Gasteiger partial charge in [0, 0.05) is 12.1 Å². The van der Waals surface area contributed by atoms with Crippen molar-refractivity contribution in [2.75, 3.05) is 13.1 Å². The van der Waals surface area contributed by atoms with Crippen molar-refractivity contribution in [3.63, 3.8) is 0 Å². The molecule has 3 atom stereocenters. The average Bonchev–Trinajstić information content (AvgIpc) is 2.32. The Hall–Kier alpha value is -0.0800. The minimum absolute atomic E-state index is 0.442. The first kappa shape index (κ1) is 14.3. The van der Waals surface area contributed by atoms with Gasteiger partial charge < -0.3 is 5.73 Å². The zero-order valence-electron chi connectivity index (χ0n) is 12.2. The van der Waals surface area contributed by atoms with Crippen molar-refractivity contribution in [1.82, 2.24) is 4.90 Å². The number of rotatable bonds is 3. The summed E-state index contributed by atoms with van der Waals surface area (Å²) in [5.41, 5.74) is 6.42. The van der Waals surface area contributed by atoms with E-state index in [1.807, 2.05) is 0 Å². The Labute approximate surface area is 113 Å². The summed E-state index contributed by atoms with van der Waals surface area (Å²) in [6, 6.07) is 1.13. The predicted octanol–water partition coefficient (Wildman–Crippen LogP) is 3.55. The average molecular weight is 252 g/mol. The summed E-state index contributed by atoms with van der Waals surface area (Å²) >= 11 is 0. The smallest absolute Gasteiger partial charge is 0.0249 e. The van der Waals surface area contributed by atoms with Gasteiger partial charge in [-0.15, -0.1) is 0 Å². The summed E-state index contributed by atoms with van der Waals surface area (Å²) in [5, 5.41) is 0. The maximum Gasteiger partial charge on any atom is 0.0249 e. The van der Waals surface area contributed by atoms with Crippen molar-refractivity contribution in [1.29, 1.82) is 0 Å². The molecule has 3 unspecified atom stereocenters. The second-order valence-corrected chi connectivity index (χ2v) is 6.50. The Balaban J connectivity index is 1.90. The van der Waals surface area contributed by atoms with E-state index in [-0.39, 0.29) is 0 Å². The molecule has 2 N–H and O–H groups in total. The van der Waals surface area contributed by atoms with Gasteiger partial charge in [-0.25, -0.2) is 0 Å². The fourth-order valence-electron chi connectivity index (χ4n) is 3.95. The van der Waals surface area contributed by atoms with E-state index >= 15 is 0 Å². The topological polar surface area (TPSA) is 29.3 Å². The zero-order chi connectivity index (χ0) is 12.8. The van der Waals surface area contributed by atoms with Gasteiger partial charge in [0.15, 0.2) is 0 Å². The first-order valence-electron chi connectivity index (χ1n) is 8.31. The van der Waals surface area contributed by atoms with E-state index in [0.717, 1.165) is 5.92 Å². The number of nitrogens with zero attached hydrogens (tertiary/aromatic N) is 1. The molecule has 2 aliphatic rings. The van der Waals surface area contributed by atoms with Crippen LogP contribution in [0.3, 0.4) is 0 Å². The molecule has 0 aromatic carbocycles. The summed E-state index contributed by atoms with van der Waals surface area (Å²) < 4.78 is 0. The summed E-state index contributed by atoms with van der Waals surface area (Å²) in [6.45, 7) is 4.92. The van der Waals surface area contributed by atoms with Crippen LogP contribution in [0.5, 0.6) is 0 Å². The van der Waals surface area contributed by atoms with Crippen molar-refractivity contribution in [2.45, 2.75) is 83.2 Å². The van der Waals surface area contributed by atoms with Gasteiger partial charge in [0.25, 0.3) is 0 Å². The molecule has 2 nitrogen and oxygen atoms in total. The van der Waals surface area contributed by atoms with E-state index in [1.165, 1.54) is 77.3 Å². The van der Waals surface area contributed by atoms with E-state index in [0.29, 0.717) is 12.1 Å². The Morgan fingerprint density at radius 3 is 2.33 bits per heavy atom. The predicted molar refractivity (Wildman–Crippen MR) is 78.7 cm³/mol. The highest BCUT2D eigenvalue weighted by atomic mass is 15.2. The van der Waals surface area contributed by atoms with Crippen LogP contribution in [0.1, 0.15) is 71.1 Å². The highest BCUT2D eigenvalue weighted by molar-refractivity contribution is 4.89. The monoisotopic (exact) mass is 252 g/mol. The third-order valence-corrected chi connectivity index (χ3v) is 5.03. The van der Waals surface area contributed by atoms with Crippen molar-refractivity contribution >= 4 is 0 Å². The largest absolute Gasteiger partial charge is 0.326 e. The molecule has 106 valence electrons. The molecule has 1 aliphatic heterocycles. The molecule has 0 bridgehead atoms. The first-order valence-corrected chi connectivity index (χ1v) is 8.31. The lowest BCUT2D eigenvalue weighted by atomic mass is 9.79. The summed E-state index contributed by atoms with van der Waals surface area (Å²) in [6.07, 6.45) is 13.8. The third-order valence-electron chi connectivity index (χ3n) is 5.03. The lowest BCUT2D eigenvalue weighted by molar-refractivity contribution is 0.0999. The summed E-state index contributed by atoms with van der Waals surface area (Å²) in [5.74, 6) is 0.949. The fourth-order valence-corrected chi connectivity index (χ4v) is 3.95. The number of nitrogens with two attached hydrogens (primary N) is 1. The molecule has 1 saturated heterocycles. The number of likely N-dealkylation sites (tertiary alicyclic amines) is 1. The second-order valence-electron chi connectivity index (χ2n) is 6.50. The maximum atomic E-state index is 6.42. The van der Waals surface area contributed by atoms with E-state index in [4.69, 9.17) is 5.73 Å². The van der Waals surface area contributed by atoms with Gasteiger partial charge in [0.1, 0.15) is 0 Å².